The second-order valence-electron chi connectivity index (χ2n) is 4.47. The van der Waals surface area contributed by atoms with Crippen molar-refractivity contribution in [2.45, 2.75) is 12.8 Å². The molecule has 3 heterocycles. The minimum absolute atomic E-state index is 1.04. The highest BCUT2D eigenvalue weighted by atomic mass is 32.2. The minimum Gasteiger partial charge on any atom is -0.355 e. The van der Waals surface area contributed by atoms with Gasteiger partial charge in [0, 0.05) is 43.1 Å². The molecule has 0 aliphatic carbocycles. The number of nitrogens with one attached hydrogen (secondary N) is 1. The lowest BCUT2D eigenvalue weighted by Crippen LogP contribution is -2.34. The van der Waals surface area contributed by atoms with E-state index in [0.29, 0.717) is 0 Å². The first-order chi connectivity index (χ1) is 8.45. The van der Waals surface area contributed by atoms with E-state index < -0.39 is 0 Å². The van der Waals surface area contributed by atoms with E-state index >= 15 is 0 Å². The molecule has 0 saturated carbocycles. The van der Waals surface area contributed by atoms with Crippen molar-refractivity contribution in [1.82, 2.24) is 15.3 Å². The van der Waals surface area contributed by atoms with Gasteiger partial charge in [-0.05, 0) is 13.0 Å². The Labute approximate surface area is 106 Å². The number of thioether (sulfide) groups is 1. The van der Waals surface area contributed by atoms with E-state index in [-0.39, 0.29) is 0 Å². The normalized spacial score (nSPS) is 20.8. The summed E-state index contributed by atoms with van der Waals surface area (Å²) in [5, 5.41) is 3.43. The summed E-state index contributed by atoms with van der Waals surface area (Å²) >= 11 is 2.04. The smallest absolute Gasteiger partial charge is 0.135 e. The van der Waals surface area contributed by atoms with Gasteiger partial charge in [-0.2, -0.15) is 11.8 Å². The first kappa shape index (κ1) is 11.3. The number of fused-ring (bicyclic) bond motifs is 1. The fourth-order valence-corrected chi connectivity index (χ4v) is 3.41. The molecule has 1 N–H and O–H groups in total. The largest absolute Gasteiger partial charge is 0.355 e. The monoisotopic (exact) mass is 250 g/mol. The number of aromatic nitrogens is 2. The van der Waals surface area contributed by atoms with Crippen molar-refractivity contribution >= 4 is 17.6 Å². The van der Waals surface area contributed by atoms with Crippen LogP contribution < -0.4 is 10.2 Å². The van der Waals surface area contributed by atoms with Gasteiger partial charge < -0.3 is 10.2 Å². The van der Waals surface area contributed by atoms with Gasteiger partial charge in [-0.25, -0.2) is 9.97 Å². The highest BCUT2D eigenvalue weighted by molar-refractivity contribution is 7.99. The van der Waals surface area contributed by atoms with Gasteiger partial charge in [0.25, 0.3) is 0 Å². The summed E-state index contributed by atoms with van der Waals surface area (Å²) in [6, 6.07) is 0. The van der Waals surface area contributed by atoms with E-state index in [2.05, 4.69) is 20.2 Å². The fourth-order valence-electron chi connectivity index (χ4n) is 2.50. The molecule has 0 atom stereocenters. The summed E-state index contributed by atoms with van der Waals surface area (Å²) in [6.07, 6.45) is 3.84. The van der Waals surface area contributed by atoms with E-state index in [9.17, 15) is 0 Å². The predicted octanol–water partition coefficient (Wildman–Crippen LogP) is 0.718. The molecule has 0 amide bonds. The van der Waals surface area contributed by atoms with Gasteiger partial charge >= 0.3 is 0 Å². The molecular weight excluding hydrogens is 232 g/mol. The summed E-state index contributed by atoms with van der Waals surface area (Å²) in [4.78, 5) is 11.4. The van der Waals surface area contributed by atoms with Crippen LogP contribution >= 0.6 is 11.8 Å². The highest BCUT2D eigenvalue weighted by Gasteiger charge is 2.20. The summed E-state index contributed by atoms with van der Waals surface area (Å²) in [6.45, 7) is 4.35. The van der Waals surface area contributed by atoms with Gasteiger partial charge in [0.15, 0.2) is 0 Å². The number of hydrogen-bond acceptors (Lipinski definition) is 5. The van der Waals surface area contributed by atoms with Crippen LogP contribution in [0.5, 0.6) is 0 Å². The lowest BCUT2D eigenvalue weighted by molar-refractivity contribution is 0.708. The average molecular weight is 250 g/mol. The van der Waals surface area contributed by atoms with Crippen molar-refractivity contribution in [2.24, 2.45) is 0 Å². The molecular formula is C12H18N4S. The quantitative estimate of drug-likeness (QED) is 0.795. The minimum atomic E-state index is 1.04. The van der Waals surface area contributed by atoms with Crippen molar-refractivity contribution in [3.63, 3.8) is 0 Å². The van der Waals surface area contributed by atoms with E-state index in [4.69, 9.17) is 0 Å². The Bertz CT molecular complexity index is 390. The standard InChI is InChI=1S/C12H18N4S/c1-3-13-4-2-11-10(1)12(15-9-14-11)16-5-7-17-8-6-16/h9,13H,1-8H2. The number of rotatable bonds is 1. The second kappa shape index (κ2) is 5.23. The van der Waals surface area contributed by atoms with Gasteiger partial charge in [0.2, 0.25) is 0 Å². The van der Waals surface area contributed by atoms with Crippen LogP contribution in [-0.2, 0) is 12.8 Å². The van der Waals surface area contributed by atoms with Crippen molar-refractivity contribution < 1.29 is 0 Å². The van der Waals surface area contributed by atoms with Gasteiger partial charge in [0.05, 0.1) is 5.69 Å². The van der Waals surface area contributed by atoms with Crippen molar-refractivity contribution in [2.75, 3.05) is 42.6 Å². The van der Waals surface area contributed by atoms with Crippen molar-refractivity contribution in [3.8, 4) is 0 Å². The van der Waals surface area contributed by atoms with Crippen LogP contribution in [0.3, 0.4) is 0 Å². The number of nitrogens with zero attached hydrogens (tertiary/aromatic N) is 3. The molecule has 1 aromatic rings. The lowest BCUT2D eigenvalue weighted by Gasteiger charge is -2.29. The van der Waals surface area contributed by atoms with Crippen LogP contribution in [0.25, 0.3) is 0 Å². The summed E-state index contributed by atoms with van der Waals surface area (Å²) in [5.74, 6) is 3.63. The van der Waals surface area contributed by atoms with Crippen LogP contribution in [0.15, 0.2) is 6.33 Å². The fraction of sp³-hybridized carbons (Fsp3) is 0.667. The maximum absolute atomic E-state index is 4.54. The number of anilines is 1. The zero-order chi connectivity index (χ0) is 11.5. The van der Waals surface area contributed by atoms with E-state index in [1.54, 1.807) is 6.33 Å². The van der Waals surface area contributed by atoms with Crippen molar-refractivity contribution in [1.29, 1.82) is 0 Å². The lowest BCUT2D eigenvalue weighted by atomic mass is 10.1. The van der Waals surface area contributed by atoms with E-state index in [1.165, 1.54) is 28.6 Å². The molecule has 17 heavy (non-hydrogen) atoms. The molecule has 0 radical (unpaired) electrons. The maximum Gasteiger partial charge on any atom is 0.135 e. The molecule has 1 saturated heterocycles. The molecule has 0 aromatic carbocycles. The van der Waals surface area contributed by atoms with Crippen molar-refractivity contribution in [3.05, 3.63) is 17.6 Å². The molecule has 1 fully saturated rings. The summed E-state index contributed by atoms with van der Waals surface area (Å²) in [7, 11) is 0. The Hall–Kier alpha value is -0.810. The van der Waals surface area contributed by atoms with Crippen LogP contribution in [0.2, 0.25) is 0 Å². The second-order valence-corrected chi connectivity index (χ2v) is 5.70. The SMILES string of the molecule is c1nc2c(c(N3CCSCC3)n1)CCNCC2. The predicted molar refractivity (Wildman–Crippen MR) is 71.8 cm³/mol. The molecule has 0 unspecified atom stereocenters. The van der Waals surface area contributed by atoms with Gasteiger partial charge in [-0.15, -0.1) is 0 Å². The Kier molecular flexibility index (Phi) is 3.47. The molecule has 0 spiro atoms. The maximum atomic E-state index is 4.54. The van der Waals surface area contributed by atoms with Gasteiger partial charge in [-0.1, -0.05) is 0 Å². The summed E-state index contributed by atoms with van der Waals surface area (Å²) in [5.41, 5.74) is 2.63. The molecule has 5 heteroatoms. The third-order valence-electron chi connectivity index (χ3n) is 3.41. The summed E-state index contributed by atoms with van der Waals surface area (Å²) < 4.78 is 0. The molecule has 2 aliphatic rings. The van der Waals surface area contributed by atoms with Gasteiger partial charge in [0.1, 0.15) is 12.1 Å². The Morgan fingerprint density at radius 3 is 2.82 bits per heavy atom. The number of hydrogen-bond donors (Lipinski definition) is 1. The molecule has 92 valence electrons. The van der Waals surface area contributed by atoms with Crippen LogP contribution in [0, 0.1) is 0 Å². The average Bonchev–Trinajstić information content (AvgIpc) is 2.64. The zero-order valence-corrected chi connectivity index (χ0v) is 10.8. The molecule has 2 aliphatic heterocycles. The third kappa shape index (κ3) is 2.40. The third-order valence-corrected chi connectivity index (χ3v) is 4.36. The first-order valence-corrected chi connectivity index (χ1v) is 7.47. The molecule has 1 aromatic heterocycles. The van der Waals surface area contributed by atoms with E-state index in [1.807, 2.05) is 11.8 Å². The highest BCUT2D eigenvalue weighted by Crippen LogP contribution is 2.24. The Morgan fingerprint density at radius 2 is 1.94 bits per heavy atom. The van der Waals surface area contributed by atoms with E-state index in [0.717, 1.165) is 39.0 Å². The topological polar surface area (TPSA) is 41.1 Å². The zero-order valence-electron chi connectivity index (χ0n) is 9.98. The Morgan fingerprint density at radius 1 is 1.12 bits per heavy atom. The molecule has 0 bridgehead atoms. The van der Waals surface area contributed by atoms with Gasteiger partial charge in [-0.3, -0.25) is 0 Å². The first-order valence-electron chi connectivity index (χ1n) is 6.31. The van der Waals surface area contributed by atoms with Crippen LogP contribution in [-0.4, -0.2) is 47.7 Å². The van der Waals surface area contributed by atoms with Crippen LogP contribution in [0.4, 0.5) is 5.82 Å². The Balaban J connectivity index is 1.92. The van der Waals surface area contributed by atoms with Crippen LogP contribution in [0.1, 0.15) is 11.3 Å². The molecule has 4 nitrogen and oxygen atoms in total. The molecule has 3 rings (SSSR count).